The van der Waals surface area contributed by atoms with Gasteiger partial charge in [0.1, 0.15) is 12.1 Å². The standard InChI is InChI=1S/C31H20N6/c1-21-31(35-26(20-33)25(19-32)34-21)22-15-17-24(18-16-22)37-29-13-7-5-11-27(29)36(23-9-3-2-4-10-23)28-12-6-8-14-30(28)37/h2-18H,1H3. The van der Waals surface area contributed by atoms with E-state index in [1.54, 1.807) is 6.92 Å². The molecular weight excluding hydrogens is 456 g/mol. The molecule has 1 aliphatic rings. The molecule has 0 aliphatic carbocycles. The smallest absolute Gasteiger partial charge is 0.177 e. The first-order valence-corrected chi connectivity index (χ1v) is 11.8. The number of rotatable bonds is 3. The first-order valence-electron chi connectivity index (χ1n) is 11.8. The van der Waals surface area contributed by atoms with E-state index in [2.05, 4.69) is 92.6 Å². The van der Waals surface area contributed by atoms with Gasteiger partial charge in [-0.05, 0) is 55.5 Å². The molecule has 0 N–H and O–H groups in total. The van der Waals surface area contributed by atoms with Gasteiger partial charge in [-0.2, -0.15) is 10.5 Å². The van der Waals surface area contributed by atoms with Crippen molar-refractivity contribution in [3.63, 3.8) is 0 Å². The number of fused-ring (bicyclic) bond motifs is 2. The van der Waals surface area contributed by atoms with Crippen LogP contribution in [0.2, 0.25) is 0 Å². The minimum atomic E-state index is 0.0343. The summed E-state index contributed by atoms with van der Waals surface area (Å²) in [5, 5.41) is 18.7. The van der Waals surface area contributed by atoms with Gasteiger partial charge in [-0.3, -0.25) is 0 Å². The molecule has 37 heavy (non-hydrogen) atoms. The van der Waals surface area contributed by atoms with Crippen LogP contribution in [0.25, 0.3) is 11.3 Å². The predicted octanol–water partition coefficient (Wildman–Crippen LogP) is 7.45. The number of benzene rings is 4. The molecule has 0 radical (unpaired) electrons. The fraction of sp³-hybridized carbons (Fsp3) is 0.0323. The Bertz CT molecular complexity index is 1660. The number of hydrogen-bond donors (Lipinski definition) is 0. The van der Waals surface area contributed by atoms with Gasteiger partial charge < -0.3 is 9.80 Å². The first-order chi connectivity index (χ1) is 18.2. The lowest BCUT2D eigenvalue weighted by atomic mass is 10.0. The molecule has 0 fully saturated rings. The van der Waals surface area contributed by atoms with Crippen LogP contribution in [0, 0.1) is 29.6 Å². The molecule has 2 heterocycles. The van der Waals surface area contributed by atoms with E-state index in [0.717, 1.165) is 39.7 Å². The van der Waals surface area contributed by atoms with E-state index in [9.17, 15) is 10.5 Å². The maximum Gasteiger partial charge on any atom is 0.177 e. The van der Waals surface area contributed by atoms with Crippen molar-refractivity contribution in [1.82, 2.24) is 9.97 Å². The summed E-state index contributed by atoms with van der Waals surface area (Å²) < 4.78 is 0. The zero-order chi connectivity index (χ0) is 25.4. The van der Waals surface area contributed by atoms with E-state index in [1.807, 2.05) is 42.5 Å². The Morgan fingerprint density at radius 2 is 0.973 bits per heavy atom. The number of hydrogen-bond acceptors (Lipinski definition) is 6. The summed E-state index contributed by atoms with van der Waals surface area (Å²) in [6.45, 7) is 1.80. The van der Waals surface area contributed by atoms with Gasteiger partial charge in [0.25, 0.3) is 0 Å². The van der Waals surface area contributed by atoms with Crippen LogP contribution in [0.1, 0.15) is 17.1 Å². The minimum Gasteiger partial charge on any atom is -0.306 e. The van der Waals surface area contributed by atoms with Crippen LogP contribution in [0.15, 0.2) is 103 Å². The molecule has 0 saturated carbocycles. The van der Waals surface area contributed by atoms with Gasteiger partial charge in [-0.25, -0.2) is 9.97 Å². The van der Waals surface area contributed by atoms with Crippen molar-refractivity contribution in [3.05, 3.63) is 120 Å². The summed E-state index contributed by atoms with van der Waals surface area (Å²) in [6, 6.07) is 39.1. The zero-order valence-electron chi connectivity index (χ0n) is 20.0. The van der Waals surface area contributed by atoms with E-state index in [4.69, 9.17) is 0 Å². The highest BCUT2D eigenvalue weighted by atomic mass is 15.3. The number of aromatic nitrogens is 2. The van der Waals surface area contributed by atoms with Crippen molar-refractivity contribution < 1.29 is 0 Å². The Labute approximate surface area is 214 Å². The summed E-state index contributed by atoms with van der Waals surface area (Å²) in [5.74, 6) is 0. The summed E-state index contributed by atoms with van der Waals surface area (Å²) in [7, 11) is 0. The molecule has 174 valence electrons. The highest BCUT2D eigenvalue weighted by molar-refractivity contribution is 6.01. The van der Waals surface area contributed by atoms with Gasteiger partial charge >= 0.3 is 0 Å². The Kier molecular flexibility index (Phi) is 5.33. The van der Waals surface area contributed by atoms with Crippen LogP contribution in [0.3, 0.4) is 0 Å². The SMILES string of the molecule is Cc1nc(C#N)c(C#N)nc1-c1ccc(N2c3ccccc3N(c3ccccc3)c3ccccc32)cc1. The lowest BCUT2D eigenvalue weighted by molar-refractivity contribution is 1.07. The van der Waals surface area contributed by atoms with Crippen molar-refractivity contribution in [2.45, 2.75) is 6.92 Å². The van der Waals surface area contributed by atoms with E-state index in [0.29, 0.717) is 11.4 Å². The number of nitrogens with zero attached hydrogens (tertiary/aromatic N) is 6. The Hall–Kier alpha value is -5.46. The third-order valence-electron chi connectivity index (χ3n) is 6.42. The average molecular weight is 477 g/mol. The normalized spacial score (nSPS) is 11.8. The second-order valence-electron chi connectivity index (χ2n) is 8.61. The van der Waals surface area contributed by atoms with Gasteiger partial charge in [0.05, 0.1) is 34.1 Å². The third-order valence-corrected chi connectivity index (χ3v) is 6.42. The average Bonchev–Trinajstić information content (AvgIpc) is 2.96. The molecule has 0 saturated heterocycles. The van der Waals surface area contributed by atoms with E-state index >= 15 is 0 Å². The molecule has 6 heteroatoms. The second kappa shape index (κ2) is 8.96. The number of para-hydroxylation sites is 5. The monoisotopic (exact) mass is 476 g/mol. The number of nitriles is 2. The highest BCUT2D eigenvalue weighted by Crippen LogP contribution is 2.53. The molecule has 4 aromatic carbocycles. The fourth-order valence-electron chi connectivity index (χ4n) is 4.79. The summed E-state index contributed by atoms with van der Waals surface area (Å²) in [4.78, 5) is 13.3. The van der Waals surface area contributed by atoms with E-state index in [1.165, 1.54) is 0 Å². The van der Waals surface area contributed by atoms with Crippen LogP contribution in [-0.2, 0) is 0 Å². The second-order valence-corrected chi connectivity index (χ2v) is 8.61. The van der Waals surface area contributed by atoms with Crippen LogP contribution >= 0.6 is 0 Å². The van der Waals surface area contributed by atoms with Crippen LogP contribution < -0.4 is 9.80 Å². The molecular formula is C31H20N6. The van der Waals surface area contributed by atoms with Crippen molar-refractivity contribution >= 4 is 34.1 Å². The number of aryl methyl sites for hydroxylation is 1. The van der Waals surface area contributed by atoms with Crippen molar-refractivity contribution in [2.75, 3.05) is 9.80 Å². The largest absolute Gasteiger partial charge is 0.306 e. The Morgan fingerprint density at radius 3 is 1.46 bits per heavy atom. The molecule has 0 atom stereocenters. The molecule has 0 amide bonds. The minimum absolute atomic E-state index is 0.0343. The molecule has 6 rings (SSSR count). The summed E-state index contributed by atoms with van der Waals surface area (Å²) in [5.41, 5.74) is 8.52. The topological polar surface area (TPSA) is 79.8 Å². The molecule has 0 unspecified atom stereocenters. The van der Waals surface area contributed by atoms with E-state index < -0.39 is 0 Å². The third kappa shape index (κ3) is 3.65. The molecule has 5 aromatic rings. The highest BCUT2D eigenvalue weighted by Gasteiger charge is 2.29. The fourth-order valence-corrected chi connectivity index (χ4v) is 4.79. The number of anilines is 6. The van der Waals surface area contributed by atoms with Gasteiger partial charge in [-0.15, -0.1) is 0 Å². The maximum absolute atomic E-state index is 9.40. The predicted molar refractivity (Wildman–Crippen MR) is 145 cm³/mol. The van der Waals surface area contributed by atoms with Gasteiger partial charge in [-0.1, -0.05) is 54.6 Å². The molecule has 0 bridgehead atoms. The maximum atomic E-state index is 9.40. The Balaban J connectivity index is 1.47. The quantitative estimate of drug-likeness (QED) is 0.264. The van der Waals surface area contributed by atoms with Gasteiger partial charge in [0.2, 0.25) is 0 Å². The summed E-state index contributed by atoms with van der Waals surface area (Å²) in [6.07, 6.45) is 0. The van der Waals surface area contributed by atoms with Crippen LogP contribution in [-0.4, -0.2) is 9.97 Å². The molecule has 6 nitrogen and oxygen atoms in total. The van der Waals surface area contributed by atoms with Crippen molar-refractivity contribution in [3.8, 4) is 23.4 Å². The lowest BCUT2D eigenvalue weighted by Crippen LogP contribution is -2.23. The molecule has 1 aromatic heterocycles. The van der Waals surface area contributed by atoms with Crippen molar-refractivity contribution in [1.29, 1.82) is 10.5 Å². The van der Waals surface area contributed by atoms with Crippen LogP contribution in [0.5, 0.6) is 0 Å². The molecule has 1 aliphatic heterocycles. The first kappa shape index (κ1) is 22.0. The van der Waals surface area contributed by atoms with Gasteiger partial charge in [0, 0.05) is 16.9 Å². The van der Waals surface area contributed by atoms with E-state index in [-0.39, 0.29) is 11.4 Å². The van der Waals surface area contributed by atoms with Gasteiger partial charge in [0.15, 0.2) is 11.4 Å². The van der Waals surface area contributed by atoms with Crippen molar-refractivity contribution in [2.24, 2.45) is 0 Å². The van der Waals surface area contributed by atoms with Crippen LogP contribution in [0.4, 0.5) is 34.1 Å². The summed E-state index contributed by atoms with van der Waals surface area (Å²) >= 11 is 0. The Morgan fingerprint density at radius 1 is 0.541 bits per heavy atom. The zero-order valence-corrected chi connectivity index (χ0v) is 20.0. The lowest BCUT2D eigenvalue weighted by Gasteiger charge is -2.40. The molecule has 0 spiro atoms.